The maximum absolute atomic E-state index is 14.4. The normalized spacial score (nSPS) is 11.8. The van der Waals surface area contributed by atoms with E-state index in [4.69, 9.17) is 0 Å². The van der Waals surface area contributed by atoms with Crippen molar-refractivity contribution in [3.8, 4) is 0 Å². The molecule has 0 N–H and O–H groups in total. The lowest BCUT2D eigenvalue weighted by Crippen LogP contribution is -2.18. The van der Waals surface area contributed by atoms with Crippen LogP contribution in [-0.2, 0) is 13.1 Å². The maximum Gasteiger partial charge on any atom is 0.197 e. The molecule has 0 aliphatic carbocycles. The molecule has 0 amide bonds. The maximum atomic E-state index is 14.4. The third-order valence-electron chi connectivity index (χ3n) is 9.28. The fourth-order valence-electron chi connectivity index (χ4n) is 6.84. The number of hydrogen-bond acceptors (Lipinski definition) is 2. The fourth-order valence-corrected chi connectivity index (χ4v) is 6.84. The number of fused-ring (bicyclic) bond motifs is 4. The molecule has 2 aromatic heterocycles. The molecule has 0 spiro atoms. The highest BCUT2D eigenvalue weighted by molar-refractivity contribution is 6.05. The topological polar surface area (TPSA) is 44.0 Å². The van der Waals surface area contributed by atoms with Crippen molar-refractivity contribution in [2.45, 2.75) is 54.6 Å². The van der Waals surface area contributed by atoms with E-state index in [-0.39, 0.29) is 10.9 Å². The van der Waals surface area contributed by atoms with Crippen LogP contribution in [-0.4, -0.2) is 9.13 Å². The van der Waals surface area contributed by atoms with E-state index in [9.17, 15) is 9.59 Å². The van der Waals surface area contributed by atoms with Gasteiger partial charge in [0.15, 0.2) is 10.9 Å². The number of aromatic nitrogens is 2. The first-order valence-electron chi connectivity index (χ1n) is 15.3. The molecule has 7 aromatic rings. The lowest BCUT2D eigenvalue weighted by Gasteiger charge is -2.22. The van der Waals surface area contributed by atoms with Gasteiger partial charge in [-0.2, -0.15) is 0 Å². The van der Waals surface area contributed by atoms with Gasteiger partial charge in [0.25, 0.3) is 0 Å². The monoisotopic (exact) mass is 576 g/mol. The Balaban J connectivity index is 1.67. The summed E-state index contributed by atoms with van der Waals surface area (Å²) in [6.07, 6.45) is 0. The highest BCUT2D eigenvalue weighted by Crippen LogP contribution is 2.31. The van der Waals surface area contributed by atoms with E-state index < -0.39 is 0 Å². The van der Waals surface area contributed by atoms with Crippen LogP contribution in [0.2, 0.25) is 0 Å². The number of nitrogens with zero attached hydrogens (tertiary/aromatic N) is 2. The minimum absolute atomic E-state index is 0.00801. The number of pyridine rings is 2. The van der Waals surface area contributed by atoms with E-state index in [2.05, 4.69) is 97.5 Å². The Bertz CT molecular complexity index is 2240. The van der Waals surface area contributed by atoms with Crippen LogP contribution >= 0.6 is 0 Å². The van der Waals surface area contributed by atoms with Crippen LogP contribution in [0.1, 0.15) is 44.5 Å². The van der Waals surface area contributed by atoms with Crippen molar-refractivity contribution in [2.24, 2.45) is 0 Å². The average Bonchev–Trinajstić information content (AvgIpc) is 3.01. The van der Waals surface area contributed by atoms with E-state index in [1.807, 2.05) is 38.1 Å². The highest BCUT2D eigenvalue weighted by Gasteiger charge is 2.20. The second-order valence-corrected chi connectivity index (χ2v) is 12.5. The van der Waals surface area contributed by atoms with Gasteiger partial charge < -0.3 is 9.13 Å². The molecule has 4 heteroatoms. The van der Waals surface area contributed by atoms with E-state index in [1.54, 1.807) is 0 Å². The molecule has 44 heavy (non-hydrogen) atoms. The predicted molar refractivity (Wildman–Crippen MR) is 184 cm³/mol. The van der Waals surface area contributed by atoms with Gasteiger partial charge in [-0.1, -0.05) is 83.9 Å². The van der Waals surface area contributed by atoms with Crippen molar-refractivity contribution in [3.05, 3.63) is 150 Å². The standard InChI is InChI=1S/C40H36N2O2/c1-23-7-15-29(16-8-23)21-41-33-19-32-34(20-31(33)39(43)35-25(3)11-13-27(5)37(35)41)42(22-30-17-9-24(2)10-18-30)38-28(6)14-12-26(4)36(38)40(32)44/h7-20H,21-22H2,1-6H3. The average molecular weight is 577 g/mol. The Labute approximate surface area is 256 Å². The largest absolute Gasteiger partial charge is 0.336 e. The first-order valence-corrected chi connectivity index (χ1v) is 15.3. The molecule has 0 aliphatic heterocycles. The summed E-state index contributed by atoms with van der Waals surface area (Å²) >= 11 is 0. The summed E-state index contributed by atoms with van der Waals surface area (Å²) in [6.45, 7) is 13.5. The van der Waals surface area contributed by atoms with Crippen LogP contribution < -0.4 is 10.9 Å². The fraction of sp³-hybridized carbons (Fsp3) is 0.200. The lowest BCUT2D eigenvalue weighted by molar-refractivity contribution is 0.853. The minimum Gasteiger partial charge on any atom is -0.336 e. The molecule has 2 heterocycles. The molecule has 0 fully saturated rings. The van der Waals surface area contributed by atoms with Crippen molar-refractivity contribution in [1.82, 2.24) is 9.13 Å². The highest BCUT2D eigenvalue weighted by atomic mass is 16.1. The zero-order chi connectivity index (χ0) is 30.9. The summed E-state index contributed by atoms with van der Waals surface area (Å²) in [7, 11) is 0. The zero-order valence-corrected chi connectivity index (χ0v) is 26.2. The number of rotatable bonds is 4. The van der Waals surface area contributed by atoms with Crippen molar-refractivity contribution in [2.75, 3.05) is 0 Å². The summed E-state index contributed by atoms with van der Waals surface area (Å²) in [5, 5.41) is 2.74. The Morgan fingerprint density at radius 3 is 1.16 bits per heavy atom. The molecular weight excluding hydrogens is 540 g/mol. The SMILES string of the molecule is Cc1ccc(Cn2c3cc4c(=O)c5c(C)ccc(C)c5n(Cc5ccc(C)cc5)c4cc3c(=O)c3c(C)ccc(C)c32)cc1. The summed E-state index contributed by atoms with van der Waals surface area (Å²) in [6, 6.07) is 29.3. The van der Waals surface area contributed by atoms with Crippen LogP contribution in [0.4, 0.5) is 0 Å². The first-order chi connectivity index (χ1) is 21.1. The van der Waals surface area contributed by atoms with Crippen LogP contribution in [0.5, 0.6) is 0 Å². The van der Waals surface area contributed by atoms with Gasteiger partial charge in [0, 0.05) is 34.6 Å². The second-order valence-electron chi connectivity index (χ2n) is 12.5. The van der Waals surface area contributed by atoms with Gasteiger partial charge >= 0.3 is 0 Å². The molecule has 218 valence electrons. The molecule has 4 nitrogen and oxygen atoms in total. The molecule has 0 bridgehead atoms. The second kappa shape index (κ2) is 10.3. The number of aryl methyl sites for hydroxylation is 6. The van der Waals surface area contributed by atoms with Gasteiger partial charge in [0.1, 0.15) is 0 Å². The zero-order valence-electron chi connectivity index (χ0n) is 26.2. The van der Waals surface area contributed by atoms with Gasteiger partial charge in [-0.3, -0.25) is 9.59 Å². The molecule has 0 atom stereocenters. The van der Waals surface area contributed by atoms with Gasteiger partial charge in [0.05, 0.1) is 22.1 Å². The lowest BCUT2D eigenvalue weighted by atomic mass is 9.98. The summed E-state index contributed by atoms with van der Waals surface area (Å²) < 4.78 is 4.49. The molecule has 0 saturated carbocycles. The summed E-state index contributed by atoms with van der Waals surface area (Å²) in [4.78, 5) is 28.9. The van der Waals surface area contributed by atoms with Crippen LogP contribution in [0.25, 0.3) is 43.6 Å². The van der Waals surface area contributed by atoms with Crippen LogP contribution in [0.15, 0.2) is 94.5 Å². The van der Waals surface area contributed by atoms with Crippen molar-refractivity contribution in [3.63, 3.8) is 0 Å². The first kappa shape index (κ1) is 27.8. The summed E-state index contributed by atoms with van der Waals surface area (Å²) in [5.41, 5.74) is 12.1. The van der Waals surface area contributed by atoms with Crippen molar-refractivity contribution >= 4 is 43.6 Å². The van der Waals surface area contributed by atoms with E-state index in [0.717, 1.165) is 66.2 Å². The van der Waals surface area contributed by atoms with Crippen LogP contribution in [0, 0.1) is 41.5 Å². The third kappa shape index (κ3) is 4.36. The smallest absolute Gasteiger partial charge is 0.197 e. The Morgan fingerprint density at radius 2 is 0.795 bits per heavy atom. The minimum atomic E-state index is 0.00801. The number of benzene rings is 5. The Morgan fingerprint density at radius 1 is 0.455 bits per heavy atom. The Hall–Kier alpha value is -4.96. The van der Waals surface area contributed by atoms with Gasteiger partial charge in [-0.15, -0.1) is 0 Å². The van der Waals surface area contributed by atoms with Crippen molar-refractivity contribution in [1.29, 1.82) is 0 Å². The van der Waals surface area contributed by atoms with E-state index >= 15 is 0 Å². The number of hydrogen-bond donors (Lipinski definition) is 0. The molecule has 0 saturated heterocycles. The molecule has 0 unspecified atom stereocenters. The van der Waals surface area contributed by atoms with Gasteiger partial charge in [0.2, 0.25) is 0 Å². The molecular formula is C40H36N2O2. The van der Waals surface area contributed by atoms with E-state index in [0.29, 0.717) is 23.9 Å². The van der Waals surface area contributed by atoms with Crippen molar-refractivity contribution < 1.29 is 0 Å². The quantitative estimate of drug-likeness (QED) is 0.197. The van der Waals surface area contributed by atoms with E-state index in [1.165, 1.54) is 11.1 Å². The van der Waals surface area contributed by atoms with Crippen LogP contribution in [0.3, 0.4) is 0 Å². The molecule has 0 radical (unpaired) electrons. The van der Waals surface area contributed by atoms with Gasteiger partial charge in [-0.25, -0.2) is 0 Å². The third-order valence-corrected chi connectivity index (χ3v) is 9.28. The molecule has 5 aromatic carbocycles. The summed E-state index contributed by atoms with van der Waals surface area (Å²) in [5.74, 6) is 0. The van der Waals surface area contributed by atoms with Gasteiger partial charge in [-0.05, 0) is 87.1 Å². The Kier molecular flexibility index (Phi) is 6.55. The molecule has 0 aliphatic rings. The molecule has 7 rings (SSSR count). The predicted octanol–water partition coefficient (Wildman–Crippen LogP) is 8.57.